The topological polar surface area (TPSA) is 32.5 Å². The van der Waals surface area contributed by atoms with Gasteiger partial charge in [-0.3, -0.25) is 4.90 Å². The second kappa shape index (κ2) is 5.51. The summed E-state index contributed by atoms with van der Waals surface area (Å²) < 4.78 is 0. The number of benzene rings is 1. The second-order valence-corrected chi connectivity index (χ2v) is 5.98. The van der Waals surface area contributed by atoms with E-state index >= 15 is 0 Å². The predicted octanol–water partition coefficient (Wildman–Crippen LogP) is 2.38. The maximum Gasteiger partial charge on any atom is 0.0415 e. The SMILES string of the molecule is CC(N)c1ccccc1N1CCN2CCCCC2C1. The number of nitrogens with two attached hydrogens (primary N) is 1. The van der Waals surface area contributed by atoms with Gasteiger partial charge in [-0.1, -0.05) is 24.6 Å². The summed E-state index contributed by atoms with van der Waals surface area (Å²) in [5, 5.41) is 0. The number of piperidine rings is 1. The van der Waals surface area contributed by atoms with E-state index in [-0.39, 0.29) is 6.04 Å². The molecule has 2 fully saturated rings. The van der Waals surface area contributed by atoms with Crippen LogP contribution < -0.4 is 10.6 Å². The molecule has 3 rings (SSSR count). The molecule has 2 heterocycles. The Morgan fingerprint density at radius 2 is 2.00 bits per heavy atom. The van der Waals surface area contributed by atoms with Crippen LogP contribution in [0.4, 0.5) is 5.69 Å². The first-order valence-corrected chi connectivity index (χ1v) is 7.59. The molecule has 0 saturated carbocycles. The molecule has 3 heteroatoms. The van der Waals surface area contributed by atoms with Gasteiger partial charge >= 0.3 is 0 Å². The average molecular weight is 259 g/mol. The van der Waals surface area contributed by atoms with Crippen molar-refractivity contribution in [1.29, 1.82) is 0 Å². The minimum Gasteiger partial charge on any atom is -0.368 e. The highest BCUT2D eigenvalue weighted by Crippen LogP contribution is 2.29. The van der Waals surface area contributed by atoms with Gasteiger partial charge in [0.25, 0.3) is 0 Å². The predicted molar refractivity (Wildman–Crippen MR) is 80.5 cm³/mol. The number of para-hydroxylation sites is 1. The molecule has 0 aromatic heterocycles. The van der Waals surface area contributed by atoms with Crippen LogP contribution >= 0.6 is 0 Å². The van der Waals surface area contributed by atoms with Crippen LogP contribution in [-0.2, 0) is 0 Å². The number of hydrogen-bond donors (Lipinski definition) is 1. The third kappa shape index (κ3) is 2.63. The van der Waals surface area contributed by atoms with Crippen LogP contribution in [-0.4, -0.2) is 37.1 Å². The molecular weight excluding hydrogens is 234 g/mol. The molecule has 19 heavy (non-hydrogen) atoms. The second-order valence-electron chi connectivity index (χ2n) is 5.98. The summed E-state index contributed by atoms with van der Waals surface area (Å²) in [4.78, 5) is 5.22. The van der Waals surface area contributed by atoms with E-state index in [0.29, 0.717) is 0 Å². The minimum absolute atomic E-state index is 0.112. The molecule has 2 aliphatic heterocycles. The first kappa shape index (κ1) is 12.9. The number of nitrogens with zero attached hydrogens (tertiary/aromatic N) is 2. The fourth-order valence-electron chi connectivity index (χ4n) is 3.54. The van der Waals surface area contributed by atoms with E-state index in [9.17, 15) is 0 Å². The zero-order chi connectivity index (χ0) is 13.2. The van der Waals surface area contributed by atoms with Crippen molar-refractivity contribution in [1.82, 2.24) is 4.90 Å². The molecule has 0 spiro atoms. The molecule has 1 aromatic rings. The summed E-state index contributed by atoms with van der Waals surface area (Å²) in [5.41, 5.74) is 8.75. The number of piperazine rings is 1. The molecule has 2 unspecified atom stereocenters. The lowest BCUT2D eigenvalue weighted by Gasteiger charge is -2.45. The van der Waals surface area contributed by atoms with Crippen molar-refractivity contribution >= 4 is 5.69 Å². The molecule has 0 radical (unpaired) electrons. The summed E-state index contributed by atoms with van der Waals surface area (Å²) in [6.07, 6.45) is 4.13. The van der Waals surface area contributed by atoms with Crippen molar-refractivity contribution in [2.24, 2.45) is 5.73 Å². The molecule has 104 valence electrons. The fourth-order valence-corrected chi connectivity index (χ4v) is 3.54. The van der Waals surface area contributed by atoms with Crippen LogP contribution in [0.5, 0.6) is 0 Å². The quantitative estimate of drug-likeness (QED) is 0.885. The Morgan fingerprint density at radius 1 is 1.16 bits per heavy atom. The zero-order valence-corrected chi connectivity index (χ0v) is 11.9. The van der Waals surface area contributed by atoms with Gasteiger partial charge in [0, 0.05) is 37.4 Å². The molecule has 0 amide bonds. The lowest BCUT2D eigenvalue weighted by molar-refractivity contribution is 0.133. The first-order valence-electron chi connectivity index (χ1n) is 7.59. The fraction of sp³-hybridized carbons (Fsp3) is 0.625. The number of rotatable bonds is 2. The average Bonchev–Trinajstić information content (AvgIpc) is 2.46. The molecule has 2 N–H and O–H groups in total. The largest absolute Gasteiger partial charge is 0.368 e. The highest BCUT2D eigenvalue weighted by atomic mass is 15.3. The lowest BCUT2D eigenvalue weighted by Crippen LogP contribution is -2.55. The molecule has 0 bridgehead atoms. The summed E-state index contributed by atoms with van der Waals surface area (Å²) in [5.74, 6) is 0. The van der Waals surface area contributed by atoms with Gasteiger partial charge in [0.1, 0.15) is 0 Å². The van der Waals surface area contributed by atoms with Crippen LogP contribution in [0.1, 0.15) is 37.8 Å². The smallest absolute Gasteiger partial charge is 0.0415 e. The standard InChI is InChI=1S/C16H25N3/c1-13(17)15-7-2-3-8-16(15)19-11-10-18-9-5-4-6-14(18)12-19/h2-3,7-8,13-14H,4-6,9-12,17H2,1H3. The van der Waals surface area contributed by atoms with E-state index in [1.165, 1.54) is 50.1 Å². The van der Waals surface area contributed by atoms with Crippen LogP contribution in [0.25, 0.3) is 0 Å². The Morgan fingerprint density at radius 3 is 2.84 bits per heavy atom. The monoisotopic (exact) mass is 259 g/mol. The van der Waals surface area contributed by atoms with E-state index < -0.39 is 0 Å². The molecule has 2 saturated heterocycles. The van der Waals surface area contributed by atoms with E-state index in [0.717, 1.165) is 12.6 Å². The zero-order valence-electron chi connectivity index (χ0n) is 11.9. The van der Waals surface area contributed by atoms with Crippen molar-refractivity contribution in [2.75, 3.05) is 31.1 Å². The lowest BCUT2D eigenvalue weighted by atomic mass is 9.98. The van der Waals surface area contributed by atoms with Crippen LogP contribution in [0.2, 0.25) is 0 Å². The van der Waals surface area contributed by atoms with E-state index in [1.807, 2.05) is 0 Å². The van der Waals surface area contributed by atoms with Crippen molar-refractivity contribution in [3.8, 4) is 0 Å². The van der Waals surface area contributed by atoms with Gasteiger partial charge < -0.3 is 10.6 Å². The Bertz CT molecular complexity index is 430. The molecule has 3 nitrogen and oxygen atoms in total. The Kier molecular flexibility index (Phi) is 3.76. The number of fused-ring (bicyclic) bond motifs is 1. The van der Waals surface area contributed by atoms with Crippen LogP contribution in [0.3, 0.4) is 0 Å². The summed E-state index contributed by atoms with van der Waals surface area (Å²) in [7, 11) is 0. The summed E-state index contributed by atoms with van der Waals surface area (Å²) >= 11 is 0. The number of anilines is 1. The summed E-state index contributed by atoms with van der Waals surface area (Å²) in [6.45, 7) is 6.89. The third-order valence-corrected chi connectivity index (χ3v) is 4.61. The van der Waals surface area contributed by atoms with Crippen molar-refractivity contribution in [3.63, 3.8) is 0 Å². The van der Waals surface area contributed by atoms with Gasteiger partial charge in [0.05, 0.1) is 0 Å². The molecule has 0 aliphatic carbocycles. The Balaban J connectivity index is 1.79. The van der Waals surface area contributed by atoms with Crippen LogP contribution in [0.15, 0.2) is 24.3 Å². The highest BCUT2D eigenvalue weighted by molar-refractivity contribution is 5.55. The third-order valence-electron chi connectivity index (χ3n) is 4.61. The Hall–Kier alpha value is -1.06. The van der Waals surface area contributed by atoms with Crippen molar-refractivity contribution in [3.05, 3.63) is 29.8 Å². The maximum atomic E-state index is 6.12. The van der Waals surface area contributed by atoms with E-state index in [4.69, 9.17) is 5.73 Å². The van der Waals surface area contributed by atoms with Gasteiger partial charge in [-0.15, -0.1) is 0 Å². The molecule has 1 aromatic carbocycles. The normalized spacial score (nSPS) is 26.0. The molecule has 2 atom stereocenters. The maximum absolute atomic E-state index is 6.12. The van der Waals surface area contributed by atoms with Crippen molar-refractivity contribution < 1.29 is 0 Å². The van der Waals surface area contributed by atoms with Crippen LogP contribution in [0, 0.1) is 0 Å². The highest BCUT2D eigenvalue weighted by Gasteiger charge is 2.29. The van der Waals surface area contributed by atoms with Gasteiger partial charge in [0.2, 0.25) is 0 Å². The van der Waals surface area contributed by atoms with E-state index in [2.05, 4.69) is 41.0 Å². The van der Waals surface area contributed by atoms with Crippen molar-refractivity contribution in [2.45, 2.75) is 38.3 Å². The number of hydrogen-bond acceptors (Lipinski definition) is 3. The van der Waals surface area contributed by atoms with Gasteiger partial charge in [-0.2, -0.15) is 0 Å². The first-order chi connectivity index (χ1) is 9.25. The van der Waals surface area contributed by atoms with Gasteiger partial charge in [-0.25, -0.2) is 0 Å². The van der Waals surface area contributed by atoms with E-state index in [1.54, 1.807) is 0 Å². The van der Waals surface area contributed by atoms with Gasteiger partial charge in [-0.05, 0) is 37.9 Å². The minimum atomic E-state index is 0.112. The molecular formula is C16H25N3. The van der Waals surface area contributed by atoms with Gasteiger partial charge in [0.15, 0.2) is 0 Å². The molecule has 2 aliphatic rings. The summed E-state index contributed by atoms with van der Waals surface area (Å²) in [6, 6.07) is 9.50. The Labute approximate surface area is 116 Å².